The Bertz CT molecular complexity index is 324. The van der Waals surface area contributed by atoms with Gasteiger partial charge in [-0.2, -0.15) is 0 Å². The van der Waals surface area contributed by atoms with Gasteiger partial charge >= 0.3 is 0 Å². The van der Waals surface area contributed by atoms with Crippen LogP contribution in [-0.4, -0.2) is 29.0 Å². The standard InChI is InChI=1S/C28H59NO2/c1-2-3-4-5-6-7-8-9-10-11-12-13-14-15-16-17-18-19-20-21-22-23-24-25-28(31)27(29)26-30/h27-28,30-31H,2-26,29H2,1H3. The van der Waals surface area contributed by atoms with Crippen LogP contribution in [0.5, 0.6) is 0 Å². The van der Waals surface area contributed by atoms with E-state index < -0.39 is 12.1 Å². The zero-order chi connectivity index (χ0) is 22.8. The molecule has 0 aliphatic carbocycles. The molecule has 0 saturated heterocycles. The van der Waals surface area contributed by atoms with E-state index in [4.69, 9.17) is 10.8 Å². The van der Waals surface area contributed by atoms with E-state index in [9.17, 15) is 5.11 Å². The summed E-state index contributed by atoms with van der Waals surface area (Å²) in [6.07, 6.45) is 32.3. The quantitative estimate of drug-likeness (QED) is 0.119. The molecule has 0 aromatic heterocycles. The second-order valence-electron chi connectivity index (χ2n) is 9.98. The number of nitrogens with two attached hydrogens (primary N) is 1. The maximum atomic E-state index is 9.70. The van der Waals surface area contributed by atoms with Gasteiger partial charge in [-0.1, -0.05) is 155 Å². The lowest BCUT2D eigenvalue weighted by molar-refractivity contribution is 0.0990. The molecule has 0 rings (SSSR count). The van der Waals surface area contributed by atoms with Crippen molar-refractivity contribution in [2.75, 3.05) is 6.61 Å². The van der Waals surface area contributed by atoms with Gasteiger partial charge in [0, 0.05) is 0 Å². The van der Waals surface area contributed by atoms with E-state index in [-0.39, 0.29) is 6.61 Å². The molecule has 0 heterocycles. The summed E-state index contributed by atoms with van der Waals surface area (Å²) >= 11 is 0. The number of rotatable bonds is 26. The molecule has 0 saturated carbocycles. The van der Waals surface area contributed by atoms with Crippen molar-refractivity contribution in [3.8, 4) is 0 Å². The number of aliphatic hydroxyl groups is 2. The number of aliphatic hydroxyl groups excluding tert-OH is 2. The molecule has 4 N–H and O–H groups in total. The molecule has 0 aliphatic rings. The van der Waals surface area contributed by atoms with Crippen molar-refractivity contribution in [3.05, 3.63) is 0 Å². The Hall–Kier alpha value is -0.120. The average molecular weight is 442 g/mol. The molecule has 3 nitrogen and oxygen atoms in total. The van der Waals surface area contributed by atoms with Gasteiger partial charge in [0.05, 0.1) is 18.8 Å². The van der Waals surface area contributed by atoms with Crippen LogP contribution in [0.4, 0.5) is 0 Å². The number of unbranched alkanes of at least 4 members (excludes halogenated alkanes) is 22. The average Bonchev–Trinajstić information content (AvgIpc) is 2.78. The molecule has 3 heteroatoms. The fourth-order valence-electron chi connectivity index (χ4n) is 4.47. The smallest absolute Gasteiger partial charge is 0.0713 e. The van der Waals surface area contributed by atoms with Crippen LogP contribution in [-0.2, 0) is 0 Å². The predicted molar refractivity (Wildman–Crippen MR) is 138 cm³/mol. The fourth-order valence-corrected chi connectivity index (χ4v) is 4.47. The van der Waals surface area contributed by atoms with Crippen LogP contribution in [0.25, 0.3) is 0 Å². The van der Waals surface area contributed by atoms with Crippen LogP contribution in [0.3, 0.4) is 0 Å². The van der Waals surface area contributed by atoms with E-state index in [2.05, 4.69) is 6.92 Å². The second kappa shape index (κ2) is 26.1. The monoisotopic (exact) mass is 441 g/mol. The van der Waals surface area contributed by atoms with Gasteiger partial charge in [0.15, 0.2) is 0 Å². The SMILES string of the molecule is CCCCCCCCCCCCCCCCCCCCCCCCCC(O)C(N)CO. The highest BCUT2D eigenvalue weighted by Crippen LogP contribution is 2.16. The third-order valence-corrected chi connectivity index (χ3v) is 6.81. The summed E-state index contributed by atoms with van der Waals surface area (Å²) in [7, 11) is 0. The second-order valence-corrected chi connectivity index (χ2v) is 9.98. The minimum Gasteiger partial charge on any atom is -0.395 e. The van der Waals surface area contributed by atoms with Crippen molar-refractivity contribution < 1.29 is 10.2 Å². The minimum absolute atomic E-state index is 0.124. The molecule has 0 aliphatic heterocycles. The van der Waals surface area contributed by atoms with Gasteiger partial charge in [0.1, 0.15) is 0 Å². The Morgan fingerprint density at radius 1 is 0.484 bits per heavy atom. The van der Waals surface area contributed by atoms with Crippen molar-refractivity contribution in [3.63, 3.8) is 0 Å². The summed E-state index contributed by atoms with van der Waals surface area (Å²) in [4.78, 5) is 0. The van der Waals surface area contributed by atoms with Crippen molar-refractivity contribution in [2.24, 2.45) is 5.73 Å². The van der Waals surface area contributed by atoms with Crippen LogP contribution < -0.4 is 5.73 Å². The molecule has 0 aromatic carbocycles. The summed E-state index contributed by atoms with van der Waals surface area (Å²) in [5, 5.41) is 18.6. The molecular weight excluding hydrogens is 382 g/mol. The maximum Gasteiger partial charge on any atom is 0.0713 e. The number of hydrogen-bond donors (Lipinski definition) is 3. The van der Waals surface area contributed by atoms with Crippen LogP contribution in [0, 0.1) is 0 Å². The zero-order valence-corrected chi connectivity index (χ0v) is 21.3. The number of hydrogen-bond acceptors (Lipinski definition) is 3. The van der Waals surface area contributed by atoms with Crippen molar-refractivity contribution in [1.29, 1.82) is 0 Å². The Balaban J connectivity index is 3.07. The Morgan fingerprint density at radius 2 is 0.742 bits per heavy atom. The Morgan fingerprint density at radius 3 is 1.00 bits per heavy atom. The topological polar surface area (TPSA) is 66.5 Å². The van der Waals surface area contributed by atoms with E-state index in [1.165, 1.54) is 141 Å². The lowest BCUT2D eigenvalue weighted by atomic mass is 10.0. The van der Waals surface area contributed by atoms with Gasteiger partial charge in [-0.25, -0.2) is 0 Å². The van der Waals surface area contributed by atoms with Crippen molar-refractivity contribution in [2.45, 2.75) is 173 Å². The summed E-state index contributed by atoms with van der Waals surface area (Å²) in [5.41, 5.74) is 5.61. The van der Waals surface area contributed by atoms with Crippen LogP contribution >= 0.6 is 0 Å². The van der Waals surface area contributed by atoms with Gasteiger partial charge in [-0.15, -0.1) is 0 Å². The van der Waals surface area contributed by atoms with E-state index in [1.807, 2.05) is 0 Å². The fraction of sp³-hybridized carbons (Fsp3) is 1.00. The van der Waals surface area contributed by atoms with Gasteiger partial charge < -0.3 is 15.9 Å². The normalized spacial score (nSPS) is 13.5. The van der Waals surface area contributed by atoms with Crippen LogP contribution in [0.15, 0.2) is 0 Å². The molecule has 0 fully saturated rings. The molecule has 31 heavy (non-hydrogen) atoms. The van der Waals surface area contributed by atoms with Crippen LogP contribution in [0.1, 0.15) is 161 Å². The molecule has 0 bridgehead atoms. The first kappa shape index (κ1) is 30.9. The zero-order valence-electron chi connectivity index (χ0n) is 21.3. The van der Waals surface area contributed by atoms with Gasteiger partial charge in [0.2, 0.25) is 0 Å². The van der Waals surface area contributed by atoms with E-state index in [1.54, 1.807) is 0 Å². The highest BCUT2D eigenvalue weighted by atomic mass is 16.3. The van der Waals surface area contributed by atoms with E-state index in [0.29, 0.717) is 0 Å². The predicted octanol–water partition coefficient (Wildman–Crippen LogP) is 8.05. The van der Waals surface area contributed by atoms with Crippen molar-refractivity contribution >= 4 is 0 Å². The van der Waals surface area contributed by atoms with Gasteiger partial charge in [-0.05, 0) is 6.42 Å². The third kappa shape index (κ3) is 24.4. The van der Waals surface area contributed by atoms with Crippen LogP contribution in [0.2, 0.25) is 0 Å². The lowest BCUT2D eigenvalue weighted by Gasteiger charge is -2.15. The lowest BCUT2D eigenvalue weighted by Crippen LogP contribution is -2.37. The summed E-state index contributed by atoms with van der Waals surface area (Å²) in [6, 6.07) is -0.472. The van der Waals surface area contributed by atoms with E-state index in [0.717, 1.165) is 12.8 Å². The highest BCUT2D eigenvalue weighted by molar-refractivity contribution is 4.70. The van der Waals surface area contributed by atoms with E-state index >= 15 is 0 Å². The molecule has 2 unspecified atom stereocenters. The highest BCUT2D eigenvalue weighted by Gasteiger charge is 2.12. The summed E-state index contributed by atoms with van der Waals surface area (Å²) in [6.45, 7) is 2.17. The molecule has 0 aromatic rings. The third-order valence-electron chi connectivity index (χ3n) is 6.81. The van der Waals surface area contributed by atoms with Gasteiger partial charge in [-0.3, -0.25) is 0 Å². The first-order valence-corrected chi connectivity index (χ1v) is 14.3. The Kier molecular flexibility index (Phi) is 26.0. The molecule has 2 atom stereocenters. The largest absolute Gasteiger partial charge is 0.395 e. The molecular formula is C28H59NO2. The molecule has 0 radical (unpaired) electrons. The maximum absolute atomic E-state index is 9.70. The first-order valence-electron chi connectivity index (χ1n) is 14.3. The summed E-state index contributed by atoms with van der Waals surface area (Å²) in [5.74, 6) is 0. The first-order chi connectivity index (χ1) is 15.2. The van der Waals surface area contributed by atoms with Gasteiger partial charge in [0.25, 0.3) is 0 Å². The molecule has 0 amide bonds. The Labute approximate surface area is 196 Å². The molecule has 188 valence electrons. The summed E-state index contributed by atoms with van der Waals surface area (Å²) < 4.78 is 0. The minimum atomic E-state index is -0.542. The van der Waals surface area contributed by atoms with Crippen molar-refractivity contribution in [1.82, 2.24) is 0 Å². The molecule has 0 spiro atoms.